The summed E-state index contributed by atoms with van der Waals surface area (Å²) in [5.74, 6) is 0.444. The van der Waals surface area contributed by atoms with E-state index in [9.17, 15) is 4.79 Å². The van der Waals surface area contributed by atoms with Crippen molar-refractivity contribution in [2.75, 3.05) is 19.5 Å². The molecule has 134 valence electrons. The number of anilines is 1. The molecule has 0 bridgehead atoms. The molecule has 1 aromatic carbocycles. The summed E-state index contributed by atoms with van der Waals surface area (Å²) < 4.78 is 10.0. The molecule has 0 aliphatic carbocycles. The van der Waals surface area contributed by atoms with Crippen LogP contribution in [0, 0.1) is 13.8 Å². The van der Waals surface area contributed by atoms with Crippen molar-refractivity contribution in [1.29, 1.82) is 0 Å². The molecule has 0 aliphatic rings. The van der Waals surface area contributed by atoms with Crippen molar-refractivity contribution >= 4 is 39.6 Å². The number of aryl methyl sites for hydroxylation is 1. The van der Waals surface area contributed by atoms with Gasteiger partial charge in [0.05, 0.1) is 25.8 Å². The predicted molar refractivity (Wildman–Crippen MR) is 106 cm³/mol. The minimum Gasteiger partial charge on any atom is -0.497 e. The Hall–Kier alpha value is -2.12. The molecule has 1 heterocycles. The number of carbonyl (C=O) groups excluding carboxylic acids is 1. The number of nitrogens with one attached hydrogen (secondary N) is 2. The van der Waals surface area contributed by atoms with E-state index in [0.717, 1.165) is 21.8 Å². The molecule has 0 spiro atoms. The number of hydrogen-bond acceptors (Lipinski definition) is 5. The highest BCUT2D eigenvalue weighted by atomic mass is 32.1. The first-order valence-corrected chi connectivity index (χ1v) is 8.99. The monoisotopic (exact) mass is 378 g/mol. The molecule has 0 saturated heterocycles. The largest absolute Gasteiger partial charge is 0.497 e. The number of thiophene rings is 1. The Labute approximate surface area is 157 Å². The number of rotatable bonds is 5. The fourth-order valence-electron chi connectivity index (χ4n) is 2.37. The highest BCUT2D eigenvalue weighted by molar-refractivity contribution is 7.80. The van der Waals surface area contributed by atoms with Crippen LogP contribution in [0.3, 0.4) is 0 Å². The van der Waals surface area contributed by atoms with Gasteiger partial charge in [-0.05, 0) is 56.2 Å². The molecule has 2 rings (SSSR count). The van der Waals surface area contributed by atoms with E-state index in [0.29, 0.717) is 15.7 Å². The van der Waals surface area contributed by atoms with E-state index in [1.54, 1.807) is 7.11 Å². The number of methoxy groups -OCH3 is 2. The van der Waals surface area contributed by atoms with Gasteiger partial charge in [0.25, 0.3) is 0 Å². The lowest BCUT2D eigenvalue weighted by Gasteiger charge is -2.17. The fraction of sp³-hybridized carbons (Fsp3) is 0.333. The molecule has 25 heavy (non-hydrogen) atoms. The van der Waals surface area contributed by atoms with E-state index in [1.165, 1.54) is 18.4 Å². The van der Waals surface area contributed by atoms with Gasteiger partial charge in [0, 0.05) is 4.88 Å². The summed E-state index contributed by atoms with van der Waals surface area (Å²) in [5, 5.41) is 7.50. The van der Waals surface area contributed by atoms with E-state index in [-0.39, 0.29) is 12.0 Å². The summed E-state index contributed by atoms with van der Waals surface area (Å²) in [7, 11) is 3.01. The van der Waals surface area contributed by atoms with Crippen LogP contribution in [0.1, 0.15) is 39.3 Å². The fourth-order valence-corrected chi connectivity index (χ4v) is 3.77. The molecule has 1 atom stereocenters. The van der Waals surface area contributed by atoms with Crippen LogP contribution in [-0.2, 0) is 4.74 Å². The van der Waals surface area contributed by atoms with Gasteiger partial charge in [0.15, 0.2) is 5.11 Å². The summed E-state index contributed by atoms with van der Waals surface area (Å²) in [6, 6.07) is 7.79. The minimum absolute atomic E-state index is 0.00892. The molecule has 1 unspecified atom stereocenters. The zero-order valence-electron chi connectivity index (χ0n) is 14.9. The highest BCUT2D eigenvalue weighted by Gasteiger charge is 2.21. The molecule has 2 aromatic rings. The van der Waals surface area contributed by atoms with Crippen molar-refractivity contribution < 1.29 is 14.3 Å². The van der Waals surface area contributed by atoms with Gasteiger partial charge in [0.2, 0.25) is 0 Å². The van der Waals surface area contributed by atoms with E-state index < -0.39 is 0 Å². The van der Waals surface area contributed by atoms with Crippen LogP contribution >= 0.6 is 23.6 Å². The molecule has 1 aromatic heterocycles. The summed E-state index contributed by atoms with van der Waals surface area (Å²) in [5.41, 5.74) is 2.52. The summed E-state index contributed by atoms with van der Waals surface area (Å²) in [6.45, 7) is 5.88. The van der Waals surface area contributed by atoms with Gasteiger partial charge in [-0.3, -0.25) is 0 Å². The molecular formula is C18H22N2O3S2. The van der Waals surface area contributed by atoms with E-state index in [1.807, 2.05) is 45.0 Å². The van der Waals surface area contributed by atoms with E-state index in [2.05, 4.69) is 10.6 Å². The molecule has 5 nitrogen and oxygen atoms in total. The topological polar surface area (TPSA) is 59.6 Å². The number of thiocarbonyl (C=S) groups is 1. The SMILES string of the molecule is COC(=O)c1c(NC(=S)NC(C)c2ccc(OC)cc2)sc(C)c1C. The van der Waals surface area contributed by atoms with Crippen LogP contribution in [0.5, 0.6) is 5.75 Å². The van der Waals surface area contributed by atoms with Crippen LogP contribution in [-0.4, -0.2) is 25.3 Å². The lowest BCUT2D eigenvalue weighted by Crippen LogP contribution is -2.31. The number of benzene rings is 1. The molecule has 0 radical (unpaired) electrons. The summed E-state index contributed by atoms with van der Waals surface area (Å²) in [6.07, 6.45) is 0. The number of ether oxygens (including phenoxy) is 2. The Morgan fingerprint density at radius 2 is 1.84 bits per heavy atom. The Balaban J connectivity index is 2.09. The smallest absolute Gasteiger partial charge is 0.341 e. The van der Waals surface area contributed by atoms with Crippen LogP contribution in [0.2, 0.25) is 0 Å². The molecule has 0 saturated carbocycles. The molecule has 0 aliphatic heterocycles. The first-order chi connectivity index (χ1) is 11.9. The normalized spacial score (nSPS) is 11.6. The summed E-state index contributed by atoms with van der Waals surface area (Å²) >= 11 is 6.89. The summed E-state index contributed by atoms with van der Waals surface area (Å²) in [4.78, 5) is 13.1. The third-order valence-corrected chi connectivity index (χ3v) is 5.31. The maximum Gasteiger partial charge on any atom is 0.341 e. The van der Waals surface area contributed by atoms with Crippen molar-refractivity contribution in [3.63, 3.8) is 0 Å². The number of carbonyl (C=O) groups is 1. The third-order valence-electron chi connectivity index (χ3n) is 3.97. The molecule has 2 N–H and O–H groups in total. The maximum absolute atomic E-state index is 12.0. The van der Waals surface area contributed by atoms with Gasteiger partial charge in [-0.2, -0.15) is 0 Å². The van der Waals surface area contributed by atoms with E-state index >= 15 is 0 Å². The standard InChI is InChI=1S/C18H22N2O3S2/c1-10-12(3)25-16(15(10)17(21)23-5)20-18(24)19-11(2)13-6-8-14(22-4)9-7-13/h6-9,11H,1-5H3,(H2,19,20,24). The van der Waals surface area contributed by atoms with Crippen molar-refractivity contribution in [3.8, 4) is 5.75 Å². The van der Waals surface area contributed by atoms with Crippen LogP contribution in [0.25, 0.3) is 0 Å². The average molecular weight is 379 g/mol. The minimum atomic E-state index is -0.365. The average Bonchev–Trinajstić information content (AvgIpc) is 2.87. The number of esters is 1. The second-order valence-electron chi connectivity index (χ2n) is 5.57. The molecular weight excluding hydrogens is 356 g/mol. The van der Waals surface area contributed by atoms with Gasteiger partial charge in [0.1, 0.15) is 10.8 Å². The Bertz CT molecular complexity index is 769. The van der Waals surface area contributed by atoms with Gasteiger partial charge >= 0.3 is 5.97 Å². The van der Waals surface area contributed by atoms with Crippen LogP contribution in [0.4, 0.5) is 5.00 Å². The molecule has 7 heteroatoms. The third kappa shape index (κ3) is 4.49. The van der Waals surface area contributed by atoms with E-state index in [4.69, 9.17) is 21.7 Å². The van der Waals surface area contributed by atoms with Gasteiger partial charge < -0.3 is 20.1 Å². The van der Waals surface area contributed by atoms with Crippen LogP contribution in [0.15, 0.2) is 24.3 Å². The Morgan fingerprint density at radius 3 is 2.40 bits per heavy atom. The zero-order valence-corrected chi connectivity index (χ0v) is 16.6. The predicted octanol–water partition coefficient (Wildman–Crippen LogP) is 4.21. The van der Waals surface area contributed by atoms with Crippen molar-refractivity contribution in [2.45, 2.75) is 26.8 Å². The lowest BCUT2D eigenvalue weighted by molar-refractivity contribution is 0.0601. The van der Waals surface area contributed by atoms with Crippen molar-refractivity contribution in [2.24, 2.45) is 0 Å². The lowest BCUT2D eigenvalue weighted by atomic mass is 10.1. The first-order valence-electron chi connectivity index (χ1n) is 7.77. The highest BCUT2D eigenvalue weighted by Crippen LogP contribution is 2.33. The second kappa shape index (κ2) is 8.31. The van der Waals surface area contributed by atoms with Crippen molar-refractivity contribution in [3.05, 3.63) is 45.8 Å². The van der Waals surface area contributed by atoms with Crippen LogP contribution < -0.4 is 15.4 Å². The molecule has 0 amide bonds. The zero-order chi connectivity index (χ0) is 18.6. The second-order valence-corrected chi connectivity index (χ2v) is 7.21. The Morgan fingerprint density at radius 1 is 1.20 bits per heavy atom. The molecule has 0 fully saturated rings. The van der Waals surface area contributed by atoms with Crippen molar-refractivity contribution in [1.82, 2.24) is 5.32 Å². The van der Waals surface area contributed by atoms with Gasteiger partial charge in [-0.1, -0.05) is 12.1 Å². The maximum atomic E-state index is 12.0. The first kappa shape index (κ1) is 19.2. The van der Waals surface area contributed by atoms with Gasteiger partial charge in [-0.25, -0.2) is 4.79 Å². The quantitative estimate of drug-likeness (QED) is 0.600. The number of hydrogen-bond donors (Lipinski definition) is 2. The Kier molecular flexibility index (Phi) is 6.39. The van der Waals surface area contributed by atoms with Gasteiger partial charge in [-0.15, -0.1) is 11.3 Å².